The summed E-state index contributed by atoms with van der Waals surface area (Å²) in [5, 5.41) is 6.52. The Labute approximate surface area is 237 Å². The van der Waals surface area contributed by atoms with Gasteiger partial charge < -0.3 is 23.5 Å². The number of carbonyl (C=O) groups is 1. The number of carbonyl (C=O) groups excluding carboxylic acids is 1. The fourth-order valence-corrected chi connectivity index (χ4v) is 6.13. The van der Waals surface area contributed by atoms with E-state index < -0.39 is 0 Å². The Morgan fingerprint density at radius 3 is 2.62 bits per heavy atom. The minimum atomic E-state index is -0.331. The highest BCUT2D eigenvalue weighted by molar-refractivity contribution is 6.39. The molecule has 6 rings (SSSR count). The Bertz CT molecular complexity index is 1500. The van der Waals surface area contributed by atoms with Crippen LogP contribution >= 0.6 is 23.2 Å². The Hall–Kier alpha value is -3.00. The summed E-state index contributed by atoms with van der Waals surface area (Å²) in [5.74, 6) is 0.962. The summed E-state index contributed by atoms with van der Waals surface area (Å²) in [7, 11) is 3.30. The number of ether oxygens (including phenoxy) is 2. The first-order valence-corrected chi connectivity index (χ1v) is 14.2. The zero-order valence-corrected chi connectivity index (χ0v) is 23.6. The number of nitrogens with zero attached hydrogens (tertiary/aromatic N) is 3. The molecule has 1 saturated carbocycles. The van der Waals surface area contributed by atoms with Crippen molar-refractivity contribution in [3.8, 4) is 11.3 Å². The quantitative estimate of drug-likeness (QED) is 0.217. The van der Waals surface area contributed by atoms with Gasteiger partial charge in [-0.1, -0.05) is 40.5 Å². The van der Waals surface area contributed by atoms with Gasteiger partial charge in [0.25, 0.3) is 0 Å². The molecule has 4 aromatic rings. The lowest BCUT2D eigenvalue weighted by atomic mass is 10.0. The third kappa shape index (κ3) is 5.15. The van der Waals surface area contributed by atoms with Crippen LogP contribution in [0, 0.1) is 0 Å². The van der Waals surface area contributed by atoms with Crippen molar-refractivity contribution in [2.45, 2.75) is 50.7 Å². The van der Waals surface area contributed by atoms with Crippen LogP contribution < -0.4 is 4.90 Å². The van der Waals surface area contributed by atoms with Gasteiger partial charge >= 0.3 is 5.97 Å². The summed E-state index contributed by atoms with van der Waals surface area (Å²) in [4.78, 5) is 14.5. The Balaban J connectivity index is 1.17. The third-order valence-corrected chi connectivity index (χ3v) is 8.52. The molecular formula is C30H31Cl2N3O4. The molecule has 0 radical (unpaired) electrons. The van der Waals surface area contributed by atoms with Gasteiger partial charge in [-0.25, -0.2) is 4.79 Å². The van der Waals surface area contributed by atoms with Crippen molar-refractivity contribution < 1.29 is 18.8 Å². The number of benzene rings is 2. The molecule has 204 valence electrons. The highest BCUT2D eigenvalue weighted by Gasteiger charge is 2.34. The molecule has 1 saturated heterocycles. The maximum Gasteiger partial charge on any atom is 0.354 e. The van der Waals surface area contributed by atoms with Gasteiger partial charge in [0, 0.05) is 48.3 Å². The van der Waals surface area contributed by atoms with Gasteiger partial charge in [-0.2, -0.15) is 0 Å². The first kappa shape index (κ1) is 26.2. The molecule has 1 aliphatic heterocycles. The number of esters is 1. The van der Waals surface area contributed by atoms with E-state index in [1.54, 1.807) is 0 Å². The Morgan fingerprint density at radius 1 is 1.08 bits per heavy atom. The van der Waals surface area contributed by atoms with Gasteiger partial charge in [0.2, 0.25) is 0 Å². The highest BCUT2D eigenvalue weighted by Crippen LogP contribution is 2.46. The monoisotopic (exact) mass is 567 g/mol. The van der Waals surface area contributed by atoms with Crippen molar-refractivity contribution in [1.82, 2.24) is 9.72 Å². The summed E-state index contributed by atoms with van der Waals surface area (Å²) < 4.78 is 19.1. The topological polar surface area (TPSA) is 69.7 Å². The molecule has 39 heavy (non-hydrogen) atoms. The lowest BCUT2D eigenvalue weighted by Gasteiger charge is -2.23. The molecular weight excluding hydrogens is 537 g/mol. The van der Waals surface area contributed by atoms with E-state index in [1.165, 1.54) is 7.11 Å². The van der Waals surface area contributed by atoms with E-state index >= 15 is 0 Å². The maximum atomic E-state index is 12.1. The van der Waals surface area contributed by atoms with Crippen molar-refractivity contribution in [3.05, 3.63) is 69.5 Å². The molecule has 0 N–H and O–H groups in total. The summed E-state index contributed by atoms with van der Waals surface area (Å²) in [6.07, 6.45) is 5.22. The summed E-state index contributed by atoms with van der Waals surface area (Å²) >= 11 is 13.0. The van der Waals surface area contributed by atoms with Gasteiger partial charge in [0.1, 0.15) is 17.1 Å². The fourth-order valence-electron chi connectivity index (χ4n) is 5.56. The third-order valence-electron chi connectivity index (χ3n) is 7.89. The van der Waals surface area contributed by atoms with Crippen LogP contribution in [0.1, 0.15) is 59.8 Å². The maximum absolute atomic E-state index is 12.1. The van der Waals surface area contributed by atoms with Gasteiger partial charge in [-0.3, -0.25) is 0 Å². The average molecular weight is 569 g/mol. The smallest absolute Gasteiger partial charge is 0.354 e. The number of hydrogen-bond donors (Lipinski definition) is 0. The minimum Gasteiger partial charge on any atom is -0.464 e. The van der Waals surface area contributed by atoms with Gasteiger partial charge in [-0.15, -0.1) is 0 Å². The average Bonchev–Trinajstić information content (AvgIpc) is 3.68. The Morgan fingerprint density at radius 2 is 1.87 bits per heavy atom. The van der Waals surface area contributed by atoms with E-state index in [-0.39, 0.29) is 12.1 Å². The van der Waals surface area contributed by atoms with Crippen molar-refractivity contribution >= 4 is 45.8 Å². The summed E-state index contributed by atoms with van der Waals surface area (Å²) in [5.41, 5.74) is 5.05. The number of halogens is 2. The van der Waals surface area contributed by atoms with Crippen LogP contribution in [0.2, 0.25) is 10.0 Å². The zero-order chi connectivity index (χ0) is 27.1. The molecule has 0 amide bonds. The molecule has 2 aromatic heterocycles. The second-order valence-electron chi connectivity index (χ2n) is 10.4. The van der Waals surface area contributed by atoms with E-state index in [2.05, 4.69) is 28.3 Å². The summed E-state index contributed by atoms with van der Waals surface area (Å²) in [6.45, 7) is 2.25. The van der Waals surface area contributed by atoms with Crippen LogP contribution in [0.5, 0.6) is 0 Å². The highest BCUT2D eigenvalue weighted by atomic mass is 35.5. The van der Waals surface area contributed by atoms with Crippen molar-refractivity contribution in [1.29, 1.82) is 0 Å². The summed E-state index contributed by atoms with van der Waals surface area (Å²) in [6, 6.07) is 13.7. The standard InChI is InChI=1S/C30H31Cl2N3O4/c1-34-25-16-20(11-10-19(25)15-26(34)30(36)37-2)35-13-4-5-21(12-14-35)38-17-22-28(33-39-29(22)18-8-9-18)27-23(31)6-3-7-24(27)32/h3,6-7,10-11,15-16,18,21H,4-5,8-9,12-14,17H2,1-2H3. The van der Waals surface area contributed by atoms with Gasteiger partial charge in [-0.05, 0) is 62.4 Å². The van der Waals surface area contributed by atoms with E-state index in [0.717, 1.165) is 73.1 Å². The van der Waals surface area contributed by atoms with E-state index in [1.807, 2.05) is 35.9 Å². The second kappa shape index (κ2) is 10.9. The molecule has 3 heterocycles. The lowest BCUT2D eigenvalue weighted by Crippen LogP contribution is -2.25. The minimum absolute atomic E-state index is 0.121. The molecule has 2 aromatic carbocycles. The van der Waals surface area contributed by atoms with Crippen molar-refractivity contribution in [2.75, 3.05) is 25.1 Å². The van der Waals surface area contributed by atoms with E-state index in [0.29, 0.717) is 39.5 Å². The van der Waals surface area contributed by atoms with E-state index in [9.17, 15) is 4.79 Å². The van der Waals surface area contributed by atoms with Crippen LogP contribution in [0.3, 0.4) is 0 Å². The molecule has 1 unspecified atom stereocenters. The van der Waals surface area contributed by atoms with Crippen LogP contribution in [0.25, 0.3) is 22.2 Å². The lowest BCUT2D eigenvalue weighted by molar-refractivity contribution is 0.0328. The van der Waals surface area contributed by atoms with Crippen LogP contribution in [0.4, 0.5) is 5.69 Å². The fraction of sp³-hybridized carbons (Fsp3) is 0.400. The normalized spacial score (nSPS) is 17.9. The number of rotatable bonds is 7. The zero-order valence-electron chi connectivity index (χ0n) is 22.1. The molecule has 1 aliphatic carbocycles. The number of aryl methyl sites for hydroxylation is 1. The Kier molecular flexibility index (Phi) is 7.31. The number of hydrogen-bond acceptors (Lipinski definition) is 6. The number of methoxy groups -OCH3 is 1. The predicted octanol–water partition coefficient (Wildman–Crippen LogP) is 7.38. The molecule has 9 heteroatoms. The first-order chi connectivity index (χ1) is 18.9. The van der Waals surface area contributed by atoms with Crippen LogP contribution in [0.15, 0.2) is 47.0 Å². The van der Waals surface area contributed by atoms with Gasteiger partial charge in [0.15, 0.2) is 0 Å². The van der Waals surface area contributed by atoms with Crippen LogP contribution in [-0.4, -0.2) is 42.0 Å². The molecule has 0 spiro atoms. The predicted molar refractivity (Wildman–Crippen MR) is 153 cm³/mol. The SMILES string of the molecule is COC(=O)c1cc2ccc(N3CCCC(OCc4c(-c5c(Cl)cccc5Cl)noc4C4CC4)CC3)cc2n1C. The number of fused-ring (bicyclic) bond motifs is 1. The van der Waals surface area contributed by atoms with Gasteiger partial charge in [0.05, 0.1) is 35.4 Å². The number of anilines is 1. The molecule has 2 aliphatic rings. The number of aromatic nitrogens is 2. The first-order valence-electron chi connectivity index (χ1n) is 13.4. The molecule has 2 fully saturated rings. The molecule has 1 atom stereocenters. The second-order valence-corrected chi connectivity index (χ2v) is 11.2. The van der Waals surface area contributed by atoms with E-state index in [4.69, 9.17) is 37.2 Å². The van der Waals surface area contributed by atoms with Crippen LogP contribution in [-0.2, 0) is 23.1 Å². The molecule has 0 bridgehead atoms. The van der Waals surface area contributed by atoms with Crippen molar-refractivity contribution in [3.63, 3.8) is 0 Å². The largest absolute Gasteiger partial charge is 0.464 e. The molecule has 7 nitrogen and oxygen atoms in total. The van der Waals surface area contributed by atoms with Crippen molar-refractivity contribution in [2.24, 2.45) is 7.05 Å².